The van der Waals surface area contributed by atoms with E-state index >= 15 is 0 Å². The first kappa shape index (κ1) is 33.4. The molecule has 3 aromatic rings. The van der Waals surface area contributed by atoms with Crippen LogP contribution in [0.4, 0.5) is 5.69 Å². The molecule has 2 amide bonds. The number of aryl methyl sites for hydroxylation is 1. The zero-order valence-corrected chi connectivity index (χ0v) is 26.8. The molecule has 0 aliphatic rings. The first-order valence-electron chi connectivity index (χ1n) is 13.9. The molecule has 3 rings (SSSR count). The number of hydrogen-bond donors (Lipinski definition) is 1. The van der Waals surface area contributed by atoms with E-state index in [1.54, 1.807) is 30.3 Å². The second kappa shape index (κ2) is 15.4. The molecule has 0 saturated carbocycles. The van der Waals surface area contributed by atoms with Gasteiger partial charge < -0.3 is 10.2 Å². The molecular weight excluding hydrogens is 593 g/mol. The smallest absolute Gasteiger partial charge is 0.243 e. The van der Waals surface area contributed by atoms with E-state index in [9.17, 15) is 18.0 Å². The van der Waals surface area contributed by atoms with Gasteiger partial charge in [0.25, 0.3) is 0 Å². The number of carbonyl (C=O) groups excluding carboxylic acids is 2. The third-order valence-corrected chi connectivity index (χ3v) is 8.72. The average Bonchev–Trinajstić information content (AvgIpc) is 2.93. The van der Waals surface area contributed by atoms with Crippen LogP contribution in [0.25, 0.3) is 0 Å². The molecule has 0 heterocycles. The number of halogens is 2. The van der Waals surface area contributed by atoms with E-state index in [1.165, 1.54) is 9.21 Å². The second-order valence-corrected chi connectivity index (χ2v) is 13.6. The Morgan fingerprint density at radius 3 is 2.10 bits per heavy atom. The van der Waals surface area contributed by atoms with Gasteiger partial charge in [-0.3, -0.25) is 13.9 Å². The number of benzene rings is 3. The fraction of sp³-hybridized carbons (Fsp3) is 0.375. The molecule has 1 N–H and O–H groups in total. The Morgan fingerprint density at radius 1 is 0.905 bits per heavy atom. The molecule has 7 nitrogen and oxygen atoms in total. The monoisotopic (exact) mass is 631 g/mol. The zero-order valence-electron chi connectivity index (χ0n) is 24.5. The van der Waals surface area contributed by atoms with Gasteiger partial charge in [0.15, 0.2) is 0 Å². The third kappa shape index (κ3) is 9.75. The standard InChI is InChI=1S/C32H39Cl2N3O4S/c1-23(2)21-35-32(39)30(20-25-10-6-5-7-11-25)36(22-27-28(33)12-8-13-29(27)34)31(38)14-9-19-37(42(4,40)41)26-17-15-24(3)16-18-26/h5-8,10-13,15-18,23,30H,9,14,19-22H2,1-4H3,(H,35,39). The van der Waals surface area contributed by atoms with Gasteiger partial charge in [0.05, 0.1) is 11.9 Å². The van der Waals surface area contributed by atoms with Crippen molar-refractivity contribution < 1.29 is 18.0 Å². The van der Waals surface area contributed by atoms with Gasteiger partial charge in [0.1, 0.15) is 6.04 Å². The number of hydrogen-bond acceptors (Lipinski definition) is 4. The van der Waals surface area contributed by atoms with Gasteiger partial charge >= 0.3 is 0 Å². The summed E-state index contributed by atoms with van der Waals surface area (Å²) in [5.41, 5.74) is 2.98. The molecule has 3 aromatic carbocycles. The Kier molecular flexibility index (Phi) is 12.3. The Balaban J connectivity index is 1.92. The van der Waals surface area contributed by atoms with Crippen LogP contribution in [-0.2, 0) is 32.6 Å². The molecule has 226 valence electrons. The minimum absolute atomic E-state index is 0.0166. The summed E-state index contributed by atoms with van der Waals surface area (Å²) in [5, 5.41) is 3.77. The van der Waals surface area contributed by atoms with Crippen molar-refractivity contribution in [2.75, 3.05) is 23.7 Å². The quantitative estimate of drug-likeness (QED) is 0.227. The van der Waals surface area contributed by atoms with Gasteiger partial charge in [-0.2, -0.15) is 0 Å². The minimum atomic E-state index is -3.59. The number of sulfonamides is 1. The number of rotatable bonds is 14. The Bertz CT molecular complexity index is 1430. The minimum Gasteiger partial charge on any atom is -0.354 e. The lowest BCUT2D eigenvalue weighted by molar-refractivity contribution is -0.141. The molecule has 0 bridgehead atoms. The molecule has 0 aliphatic heterocycles. The Morgan fingerprint density at radius 2 is 1.52 bits per heavy atom. The van der Waals surface area contributed by atoms with Crippen LogP contribution >= 0.6 is 23.2 Å². The van der Waals surface area contributed by atoms with E-state index in [2.05, 4.69) is 5.32 Å². The average molecular weight is 633 g/mol. The molecule has 0 aliphatic carbocycles. The lowest BCUT2D eigenvalue weighted by atomic mass is 10.0. The first-order valence-corrected chi connectivity index (χ1v) is 16.6. The van der Waals surface area contributed by atoms with Crippen LogP contribution in [0.1, 0.15) is 43.4 Å². The van der Waals surface area contributed by atoms with Crippen molar-refractivity contribution in [1.29, 1.82) is 0 Å². The van der Waals surface area contributed by atoms with Gasteiger partial charge in [-0.1, -0.05) is 91.1 Å². The summed E-state index contributed by atoms with van der Waals surface area (Å²) in [6.07, 6.45) is 1.70. The Labute approximate surface area is 259 Å². The molecule has 0 fully saturated rings. The molecule has 1 atom stereocenters. The third-order valence-electron chi connectivity index (χ3n) is 6.82. The zero-order chi connectivity index (χ0) is 30.9. The Hall–Kier alpha value is -3.07. The molecule has 10 heteroatoms. The fourth-order valence-electron chi connectivity index (χ4n) is 4.55. The summed E-state index contributed by atoms with van der Waals surface area (Å²) in [6, 6.07) is 21.0. The van der Waals surface area contributed by atoms with E-state index in [1.807, 2.05) is 63.2 Å². The van der Waals surface area contributed by atoms with Crippen LogP contribution in [-0.4, -0.2) is 50.5 Å². The van der Waals surface area contributed by atoms with E-state index in [-0.39, 0.29) is 50.1 Å². The van der Waals surface area contributed by atoms with Gasteiger partial charge in [-0.05, 0) is 49.1 Å². The summed E-state index contributed by atoms with van der Waals surface area (Å²) >= 11 is 13.0. The molecule has 1 unspecified atom stereocenters. The summed E-state index contributed by atoms with van der Waals surface area (Å²) < 4.78 is 26.5. The van der Waals surface area contributed by atoms with E-state index in [0.29, 0.717) is 27.8 Å². The topological polar surface area (TPSA) is 86.8 Å². The molecule has 42 heavy (non-hydrogen) atoms. The highest BCUT2D eigenvalue weighted by Gasteiger charge is 2.31. The molecule has 0 radical (unpaired) electrons. The van der Waals surface area contributed by atoms with Gasteiger partial charge in [-0.25, -0.2) is 8.42 Å². The van der Waals surface area contributed by atoms with Crippen molar-refractivity contribution in [2.24, 2.45) is 5.92 Å². The normalized spacial score (nSPS) is 12.2. The highest BCUT2D eigenvalue weighted by atomic mass is 35.5. The molecular formula is C32H39Cl2N3O4S. The van der Waals surface area contributed by atoms with E-state index < -0.39 is 16.1 Å². The summed E-state index contributed by atoms with van der Waals surface area (Å²) in [6.45, 7) is 6.52. The number of amides is 2. The highest BCUT2D eigenvalue weighted by molar-refractivity contribution is 7.92. The maximum absolute atomic E-state index is 13.9. The number of anilines is 1. The van der Waals surface area contributed by atoms with E-state index in [0.717, 1.165) is 17.4 Å². The second-order valence-electron chi connectivity index (χ2n) is 10.8. The lowest BCUT2D eigenvalue weighted by Gasteiger charge is -2.32. The fourth-order valence-corrected chi connectivity index (χ4v) is 6.03. The van der Waals surface area contributed by atoms with Crippen LogP contribution in [0.3, 0.4) is 0 Å². The van der Waals surface area contributed by atoms with Crippen LogP contribution in [0.5, 0.6) is 0 Å². The largest absolute Gasteiger partial charge is 0.354 e. The van der Waals surface area contributed by atoms with Gasteiger partial charge in [0.2, 0.25) is 21.8 Å². The van der Waals surface area contributed by atoms with Gasteiger partial charge in [0, 0.05) is 48.1 Å². The summed E-state index contributed by atoms with van der Waals surface area (Å²) in [4.78, 5) is 29.1. The predicted octanol–water partition coefficient (Wildman–Crippen LogP) is 6.26. The number of carbonyl (C=O) groups is 2. The predicted molar refractivity (Wildman–Crippen MR) is 171 cm³/mol. The molecule has 0 saturated heterocycles. The van der Waals surface area contributed by atoms with Crippen molar-refractivity contribution in [3.05, 3.63) is 99.5 Å². The van der Waals surface area contributed by atoms with E-state index in [4.69, 9.17) is 23.2 Å². The van der Waals surface area contributed by atoms with Gasteiger partial charge in [-0.15, -0.1) is 0 Å². The van der Waals surface area contributed by atoms with Crippen molar-refractivity contribution in [2.45, 2.75) is 52.6 Å². The van der Waals surface area contributed by atoms with Crippen LogP contribution in [0.2, 0.25) is 10.0 Å². The summed E-state index contributed by atoms with van der Waals surface area (Å²) in [5.74, 6) is -0.359. The van der Waals surface area contributed by atoms with Crippen LogP contribution in [0, 0.1) is 12.8 Å². The molecule has 0 aromatic heterocycles. The van der Waals surface area contributed by atoms with Crippen molar-refractivity contribution in [1.82, 2.24) is 10.2 Å². The van der Waals surface area contributed by atoms with Crippen molar-refractivity contribution >= 4 is 50.7 Å². The maximum atomic E-state index is 13.9. The lowest BCUT2D eigenvalue weighted by Crippen LogP contribution is -2.51. The van der Waals surface area contributed by atoms with Crippen molar-refractivity contribution in [3.63, 3.8) is 0 Å². The molecule has 0 spiro atoms. The SMILES string of the molecule is Cc1ccc(N(CCCC(=O)N(Cc2c(Cl)cccc2Cl)C(Cc2ccccc2)C(=O)NCC(C)C)S(C)(=O)=O)cc1. The van der Waals surface area contributed by atoms with Crippen LogP contribution in [0.15, 0.2) is 72.8 Å². The summed E-state index contributed by atoms with van der Waals surface area (Å²) in [7, 11) is -3.59. The highest BCUT2D eigenvalue weighted by Crippen LogP contribution is 2.28. The van der Waals surface area contributed by atoms with Crippen LogP contribution < -0.4 is 9.62 Å². The van der Waals surface area contributed by atoms with Crippen molar-refractivity contribution in [3.8, 4) is 0 Å². The number of nitrogens with zero attached hydrogens (tertiary/aromatic N) is 2. The maximum Gasteiger partial charge on any atom is 0.243 e. The first-order chi connectivity index (χ1) is 19.9. The number of nitrogens with one attached hydrogen (secondary N) is 1.